The third kappa shape index (κ3) is 6.25. The summed E-state index contributed by atoms with van der Waals surface area (Å²) in [5, 5.41) is 0. The van der Waals surface area contributed by atoms with Gasteiger partial charge in [0.15, 0.2) is 0 Å². The fourth-order valence-corrected chi connectivity index (χ4v) is 3.40. The van der Waals surface area contributed by atoms with Crippen LogP contribution in [-0.2, 0) is 4.79 Å². The average Bonchev–Trinajstić information content (AvgIpc) is 2.58. The summed E-state index contributed by atoms with van der Waals surface area (Å²) in [6.45, 7) is 17.3. The maximum Gasteiger partial charge on any atom is 0.222 e. The third-order valence-corrected chi connectivity index (χ3v) is 4.86. The molecule has 130 valence electrons. The van der Waals surface area contributed by atoms with Crippen LogP contribution in [0.3, 0.4) is 0 Å². The molecule has 0 N–H and O–H groups in total. The second-order valence-electron chi connectivity index (χ2n) is 6.31. The summed E-state index contributed by atoms with van der Waals surface area (Å²) in [7, 11) is 0. The van der Waals surface area contributed by atoms with E-state index >= 15 is 0 Å². The first kappa shape index (κ1) is 19.4. The van der Waals surface area contributed by atoms with E-state index in [0.29, 0.717) is 5.91 Å². The van der Waals surface area contributed by atoms with Crippen molar-refractivity contribution in [2.24, 2.45) is 5.92 Å². The quantitative estimate of drug-likeness (QED) is 0.781. The van der Waals surface area contributed by atoms with Gasteiger partial charge < -0.3 is 9.80 Å². The Morgan fingerprint density at radius 1 is 0.909 bits per heavy atom. The number of carbonyl (C=O) groups is 1. The van der Waals surface area contributed by atoms with Gasteiger partial charge in [-0.25, -0.2) is 0 Å². The van der Waals surface area contributed by atoms with E-state index in [1.807, 2.05) is 13.8 Å². The predicted molar refractivity (Wildman–Crippen MR) is 94.1 cm³/mol. The maximum absolute atomic E-state index is 11.9. The minimum atomic E-state index is 0.350. The van der Waals surface area contributed by atoms with Gasteiger partial charge in [0.25, 0.3) is 0 Å². The summed E-state index contributed by atoms with van der Waals surface area (Å²) in [4.78, 5) is 19.0. The van der Waals surface area contributed by atoms with Crippen LogP contribution in [0.2, 0.25) is 0 Å². The van der Waals surface area contributed by atoms with Crippen molar-refractivity contribution < 1.29 is 4.79 Å². The van der Waals surface area contributed by atoms with Crippen molar-refractivity contribution in [3.63, 3.8) is 0 Å². The molecule has 22 heavy (non-hydrogen) atoms. The molecule has 0 aromatic heterocycles. The lowest BCUT2D eigenvalue weighted by Crippen LogP contribution is -2.50. The van der Waals surface area contributed by atoms with E-state index in [4.69, 9.17) is 0 Å². The zero-order chi connectivity index (χ0) is 16.4. The van der Waals surface area contributed by atoms with Crippen molar-refractivity contribution >= 4 is 5.91 Å². The Morgan fingerprint density at radius 3 is 2.00 bits per heavy atom. The molecule has 0 aromatic carbocycles. The van der Waals surface area contributed by atoms with E-state index in [-0.39, 0.29) is 0 Å². The van der Waals surface area contributed by atoms with Gasteiger partial charge in [-0.15, -0.1) is 0 Å². The number of hydrogen-bond acceptors (Lipinski definition) is 3. The Bertz CT molecular complexity index is 293. The molecule has 2 heterocycles. The van der Waals surface area contributed by atoms with Crippen molar-refractivity contribution in [1.82, 2.24) is 14.7 Å². The van der Waals surface area contributed by atoms with E-state index < -0.39 is 0 Å². The number of nitrogens with zero attached hydrogens (tertiary/aromatic N) is 3. The van der Waals surface area contributed by atoms with Crippen molar-refractivity contribution in [3.05, 3.63) is 0 Å². The van der Waals surface area contributed by atoms with Crippen LogP contribution in [0.4, 0.5) is 0 Å². The van der Waals surface area contributed by atoms with Gasteiger partial charge in [0.2, 0.25) is 5.91 Å². The molecule has 0 aromatic rings. The molecule has 0 atom stereocenters. The second-order valence-corrected chi connectivity index (χ2v) is 6.31. The number of likely N-dealkylation sites (tertiary alicyclic amines) is 1. The number of piperazine rings is 1. The summed E-state index contributed by atoms with van der Waals surface area (Å²) < 4.78 is 0. The molecule has 2 aliphatic heterocycles. The molecular formula is C18H37N3O. The largest absolute Gasteiger partial charge is 0.340 e. The highest BCUT2D eigenvalue weighted by molar-refractivity contribution is 5.76. The van der Waals surface area contributed by atoms with Gasteiger partial charge in [-0.3, -0.25) is 9.69 Å². The number of amides is 1. The molecule has 1 amide bonds. The predicted octanol–water partition coefficient (Wildman–Crippen LogP) is 2.69. The Labute approximate surface area is 137 Å². The normalized spacial score (nSPS) is 21.4. The molecule has 4 heteroatoms. The molecule has 0 spiro atoms. The highest BCUT2D eigenvalue weighted by Gasteiger charge is 2.24. The van der Waals surface area contributed by atoms with E-state index in [9.17, 15) is 4.79 Å². The zero-order valence-corrected chi connectivity index (χ0v) is 15.3. The van der Waals surface area contributed by atoms with Crippen LogP contribution in [0, 0.1) is 5.92 Å². The van der Waals surface area contributed by atoms with Gasteiger partial charge in [-0.2, -0.15) is 0 Å². The van der Waals surface area contributed by atoms with Gasteiger partial charge in [-0.05, 0) is 44.8 Å². The van der Waals surface area contributed by atoms with Crippen LogP contribution in [0.5, 0.6) is 0 Å². The van der Waals surface area contributed by atoms with Crippen LogP contribution in [0.1, 0.15) is 53.4 Å². The van der Waals surface area contributed by atoms with Gasteiger partial charge in [0, 0.05) is 39.1 Å². The Morgan fingerprint density at radius 2 is 1.50 bits per heavy atom. The first-order valence-corrected chi connectivity index (χ1v) is 9.45. The van der Waals surface area contributed by atoms with Crippen molar-refractivity contribution in [1.29, 1.82) is 0 Å². The van der Waals surface area contributed by atoms with Gasteiger partial charge in [0.1, 0.15) is 0 Å². The monoisotopic (exact) mass is 311 g/mol. The fourth-order valence-electron chi connectivity index (χ4n) is 3.40. The standard InChI is InChI=1S/C16H31N3O.C2H6/c1-3-5-16(20)19-12-10-18(11-13-19)14-15-6-8-17(4-2)9-7-15;1-2/h15H,3-14H2,1-2H3;1-2H3. The number of rotatable bonds is 5. The smallest absolute Gasteiger partial charge is 0.222 e. The van der Waals surface area contributed by atoms with E-state index in [2.05, 4.69) is 28.5 Å². The zero-order valence-electron chi connectivity index (χ0n) is 15.3. The lowest BCUT2D eigenvalue weighted by atomic mass is 9.96. The van der Waals surface area contributed by atoms with Gasteiger partial charge in [-0.1, -0.05) is 27.7 Å². The van der Waals surface area contributed by atoms with Crippen LogP contribution in [0.25, 0.3) is 0 Å². The molecular weight excluding hydrogens is 274 g/mol. The highest BCUT2D eigenvalue weighted by atomic mass is 16.2. The number of carbonyl (C=O) groups excluding carboxylic acids is 1. The molecule has 2 fully saturated rings. The molecule has 0 aliphatic carbocycles. The van der Waals surface area contributed by atoms with Gasteiger partial charge in [0.05, 0.1) is 0 Å². The number of piperidine rings is 1. The molecule has 0 bridgehead atoms. The summed E-state index contributed by atoms with van der Waals surface area (Å²) in [6, 6.07) is 0. The SMILES string of the molecule is CC.CCCC(=O)N1CCN(CC2CCN(CC)CC2)CC1. The molecule has 2 saturated heterocycles. The minimum Gasteiger partial charge on any atom is -0.340 e. The maximum atomic E-state index is 11.9. The molecule has 0 unspecified atom stereocenters. The second kappa shape index (κ2) is 11.0. The van der Waals surface area contributed by atoms with Crippen molar-refractivity contribution in [2.75, 3.05) is 52.4 Å². The number of hydrogen-bond donors (Lipinski definition) is 0. The fraction of sp³-hybridized carbons (Fsp3) is 0.944. The average molecular weight is 312 g/mol. The molecule has 2 rings (SSSR count). The molecule has 0 radical (unpaired) electrons. The van der Waals surface area contributed by atoms with Crippen LogP contribution in [0.15, 0.2) is 0 Å². The Hall–Kier alpha value is -0.610. The topological polar surface area (TPSA) is 26.8 Å². The summed E-state index contributed by atoms with van der Waals surface area (Å²) in [5.41, 5.74) is 0. The molecule has 4 nitrogen and oxygen atoms in total. The first-order chi connectivity index (χ1) is 10.7. The Kier molecular flexibility index (Phi) is 9.73. The molecule has 0 saturated carbocycles. The van der Waals surface area contributed by atoms with E-state index in [1.165, 1.54) is 39.0 Å². The lowest BCUT2D eigenvalue weighted by Gasteiger charge is -2.38. The van der Waals surface area contributed by atoms with Crippen LogP contribution in [-0.4, -0.2) is 73.0 Å². The minimum absolute atomic E-state index is 0.350. The summed E-state index contributed by atoms with van der Waals surface area (Å²) in [6.07, 6.45) is 4.39. The summed E-state index contributed by atoms with van der Waals surface area (Å²) in [5.74, 6) is 1.22. The Balaban J connectivity index is 0.00000116. The van der Waals surface area contributed by atoms with Crippen molar-refractivity contribution in [2.45, 2.75) is 53.4 Å². The van der Waals surface area contributed by atoms with Crippen LogP contribution < -0.4 is 0 Å². The lowest BCUT2D eigenvalue weighted by molar-refractivity contribution is -0.133. The highest BCUT2D eigenvalue weighted by Crippen LogP contribution is 2.19. The first-order valence-electron chi connectivity index (χ1n) is 9.45. The van der Waals surface area contributed by atoms with Gasteiger partial charge >= 0.3 is 0 Å². The van der Waals surface area contributed by atoms with E-state index in [0.717, 1.165) is 44.9 Å². The van der Waals surface area contributed by atoms with Crippen LogP contribution >= 0.6 is 0 Å². The third-order valence-electron chi connectivity index (χ3n) is 4.86. The van der Waals surface area contributed by atoms with Crippen molar-refractivity contribution in [3.8, 4) is 0 Å². The summed E-state index contributed by atoms with van der Waals surface area (Å²) >= 11 is 0. The molecule has 2 aliphatic rings. The van der Waals surface area contributed by atoms with E-state index in [1.54, 1.807) is 0 Å².